The Morgan fingerprint density at radius 2 is 2.19 bits per heavy atom. The number of hydrogen-bond donors (Lipinski definition) is 1. The van der Waals surface area contributed by atoms with Crippen LogP contribution in [0.2, 0.25) is 0 Å². The molecule has 2 N–H and O–H groups in total. The Morgan fingerprint density at radius 1 is 1.32 bits per heavy atom. The summed E-state index contributed by atoms with van der Waals surface area (Å²) in [4.78, 5) is 22.7. The molecule has 0 aliphatic carbocycles. The lowest BCUT2D eigenvalue weighted by molar-refractivity contribution is -0.125. The molecule has 0 radical (unpaired) electrons. The highest BCUT2D eigenvalue weighted by molar-refractivity contribution is 7.03. The smallest absolute Gasteiger partial charge is 0.246 e. The van der Waals surface area contributed by atoms with Gasteiger partial charge in [-0.3, -0.25) is 9.48 Å². The lowest BCUT2D eigenvalue weighted by Crippen LogP contribution is -2.27. The number of aryl methyl sites for hydroxylation is 1. The van der Waals surface area contributed by atoms with Crippen molar-refractivity contribution in [3.8, 4) is 23.1 Å². The zero-order chi connectivity index (χ0) is 25.7. The normalized spacial score (nSPS) is 15.3. The number of imidazole rings is 1. The second kappa shape index (κ2) is 8.83. The summed E-state index contributed by atoms with van der Waals surface area (Å²) in [5.41, 5.74) is 10.5. The quantitative estimate of drug-likeness (QED) is 0.293. The molecule has 1 aromatic carbocycles. The second-order valence-corrected chi connectivity index (χ2v) is 9.48. The fourth-order valence-electron chi connectivity index (χ4n) is 4.73. The minimum Gasteiger partial charge on any atom is -0.383 e. The second-order valence-electron chi connectivity index (χ2n) is 8.82. The molecule has 0 spiro atoms. The zero-order valence-electron chi connectivity index (χ0n) is 19.8. The topological polar surface area (TPSA) is 108 Å². The minimum atomic E-state index is -0.448. The molecule has 0 saturated carbocycles. The Bertz CT molecular complexity index is 1760. The Labute approximate surface area is 215 Å². The summed E-state index contributed by atoms with van der Waals surface area (Å²) in [6.07, 6.45) is 5.33. The monoisotopic (exact) mass is 512 g/mol. The highest BCUT2D eigenvalue weighted by Gasteiger charge is 2.30. The van der Waals surface area contributed by atoms with E-state index in [0.717, 1.165) is 16.8 Å². The highest BCUT2D eigenvalue weighted by Crippen LogP contribution is 2.36. The van der Waals surface area contributed by atoms with Crippen LogP contribution in [0.5, 0.6) is 0 Å². The van der Waals surface area contributed by atoms with E-state index in [-0.39, 0.29) is 23.3 Å². The molecule has 1 fully saturated rings. The van der Waals surface area contributed by atoms with Crippen LogP contribution in [-0.2, 0) is 11.8 Å². The zero-order valence-corrected chi connectivity index (χ0v) is 20.7. The van der Waals surface area contributed by atoms with E-state index in [1.165, 1.54) is 23.7 Å². The number of hydrogen-bond acceptors (Lipinski definition) is 7. The van der Waals surface area contributed by atoms with Crippen molar-refractivity contribution >= 4 is 45.2 Å². The average molecular weight is 513 g/mol. The predicted molar refractivity (Wildman–Crippen MR) is 140 cm³/mol. The summed E-state index contributed by atoms with van der Waals surface area (Å²) in [6, 6.07) is 4.83. The fraction of sp³-hybridized carbons (Fsp3) is 0.192. The van der Waals surface area contributed by atoms with Crippen molar-refractivity contribution in [2.24, 2.45) is 7.05 Å². The van der Waals surface area contributed by atoms with Gasteiger partial charge in [0.05, 0.1) is 45.6 Å². The number of nitrogen functional groups attached to an aromatic ring is 1. The number of rotatable bonds is 3. The molecule has 1 aliphatic rings. The molecule has 184 valence electrons. The lowest BCUT2D eigenvalue weighted by Gasteiger charge is -2.16. The first kappa shape index (κ1) is 22.9. The summed E-state index contributed by atoms with van der Waals surface area (Å²) in [5, 5.41) is 7.29. The predicted octanol–water partition coefficient (Wildman–Crippen LogP) is 3.52. The fourth-order valence-corrected chi connectivity index (χ4v) is 5.25. The SMILES string of the molecule is C=CC(=O)N1CC[C@H](n2nc(C#Cc3cc4ncn(C)c4cc3F)c3c(N)ncc(-c4ccsn4)c32)C1. The Balaban J connectivity index is 1.52. The first-order chi connectivity index (χ1) is 17.9. The molecule has 11 heteroatoms. The van der Waals surface area contributed by atoms with Gasteiger partial charge in [-0.2, -0.15) is 9.47 Å². The molecule has 5 heterocycles. The van der Waals surface area contributed by atoms with Crippen molar-refractivity contribution in [2.75, 3.05) is 18.8 Å². The highest BCUT2D eigenvalue weighted by atomic mass is 32.1. The van der Waals surface area contributed by atoms with Gasteiger partial charge in [0.2, 0.25) is 5.91 Å². The largest absolute Gasteiger partial charge is 0.383 e. The molecular formula is C26H21FN8OS. The van der Waals surface area contributed by atoms with Crippen LogP contribution < -0.4 is 5.73 Å². The van der Waals surface area contributed by atoms with Crippen molar-refractivity contribution in [1.82, 2.24) is 33.6 Å². The number of aromatic nitrogens is 6. The molecule has 6 rings (SSSR count). The minimum absolute atomic E-state index is 0.109. The molecular weight excluding hydrogens is 491 g/mol. The number of likely N-dealkylation sites (tertiary alicyclic amines) is 1. The van der Waals surface area contributed by atoms with E-state index in [1.807, 2.05) is 16.1 Å². The third kappa shape index (κ3) is 3.82. The van der Waals surface area contributed by atoms with E-state index >= 15 is 0 Å². The summed E-state index contributed by atoms with van der Waals surface area (Å²) < 4.78 is 23.0. The van der Waals surface area contributed by atoms with Gasteiger partial charge in [0.25, 0.3) is 0 Å². The molecule has 1 saturated heterocycles. The Hall–Kier alpha value is -4.56. The van der Waals surface area contributed by atoms with Crippen molar-refractivity contribution < 1.29 is 9.18 Å². The lowest BCUT2D eigenvalue weighted by atomic mass is 10.1. The summed E-state index contributed by atoms with van der Waals surface area (Å²) in [5.74, 6) is 5.64. The molecule has 0 bridgehead atoms. The van der Waals surface area contributed by atoms with Gasteiger partial charge in [-0.1, -0.05) is 12.5 Å². The Kier molecular flexibility index (Phi) is 5.46. The van der Waals surface area contributed by atoms with Gasteiger partial charge in [0.1, 0.15) is 17.3 Å². The first-order valence-corrected chi connectivity index (χ1v) is 12.4. The number of nitrogens with zero attached hydrogens (tertiary/aromatic N) is 7. The van der Waals surface area contributed by atoms with Gasteiger partial charge in [0, 0.05) is 43.3 Å². The van der Waals surface area contributed by atoms with E-state index in [1.54, 1.807) is 35.1 Å². The number of carbonyl (C=O) groups excluding carboxylic acids is 1. The number of fused-ring (bicyclic) bond motifs is 2. The number of carbonyl (C=O) groups is 1. The standard InChI is InChI=1S/C26H21FN8OS/c1-3-23(36)34-8-6-16(13-34)35-25-17(19-7-9-37-32-19)12-29-26(28)24(25)20(31-35)5-4-15-10-21-22(11-18(15)27)33(2)14-30-21/h3,7,9-12,14,16H,1,6,8,13H2,2H3,(H2,28,29)/t16-/m0/s1. The molecule has 5 aromatic rings. The number of benzene rings is 1. The summed E-state index contributed by atoms with van der Waals surface area (Å²) in [7, 11) is 1.81. The number of nitrogens with two attached hydrogens (primary N) is 1. The molecule has 1 amide bonds. The van der Waals surface area contributed by atoms with Gasteiger partial charge >= 0.3 is 0 Å². The van der Waals surface area contributed by atoms with Crippen LogP contribution in [0.4, 0.5) is 10.2 Å². The molecule has 37 heavy (non-hydrogen) atoms. The number of pyridine rings is 1. The maximum absolute atomic E-state index is 14.9. The van der Waals surface area contributed by atoms with Crippen molar-refractivity contribution in [2.45, 2.75) is 12.5 Å². The maximum atomic E-state index is 14.9. The van der Waals surface area contributed by atoms with Crippen LogP contribution in [0.3, 0.4) is 0 Å². The van der Waals surface area contributed by atoms with Crippen LogP contribution in [0.1, 0.15) is 23.7 Å². The summed E-state index contributed by atoms with van der Waals surface area (Å²) in [6.45, 7) is 4.65. The van der Waals surface area contributed by atoms with E-state index in [0.29, 0.717) is 41.6 Å². The van der Waals surface area contributed by atoms with Crippen LogP contribution >= 0.6 is 11.5 Å². The van der Waals surface area contributed by atoms with E-state index in [4.69, 9.17) is 10.8 Å². The molecule has 1 atom stereocenters. The van der Waals surface area contributed by atoms with Gasteiger partial charge in [-0.05, 0) is 42.1 Å². The van der Waals surface area contributed by atoms with E-state index in [2.05, 4.69) is 32.8 Å². The molecule has 9 nitrogen and oxygen atoms in total. The summed E-state index contributed by atoms with van der Waals surface area (Å²) >= 11 is 1.33. The Morgan fingerprint density at radius 3 is 2.97 bits per heavy atom. The number of amides is 1. The van der Waals surface area contributed by atoms with Crippen LogP contribution in [0, 0.1) is 17.7 Å². The van der Waals surface area contributed by atoms with E-state index in [9.17, 15) is 9.18 Å². The number of halogens is 1. The van der Waals surface area contributed by atoms with Gasteiger partial charge in [0.15, 0.2) is 0 Å². The van der Waals surface area contributed by atoms with Crippen LogP contribution in [0.25, 0.3) is 33.2 Å². The van der Waals surface area contributed by atoms with Gasteiger partial charge in [-0.25, -0.2) is 14.4 Å². The van der Waals surface area contributed by atoms with Crippen LogP contribution in [0.15, 0.2) is 48.8 Å². The van der Waals surface area contributed by atoms with Crippen molar-refractivity contribution in [1.29, 1.82) is 0 Å². The maximum Gasteiger partial charge on any atom is 0.246 e. The molecule has 0 unspecified atom stereocenters. The first-order valence-electron chi connectivity index (χ1n) is 11.6. The third-order valence-corrected chi connectivity index (χ3v) is 7.15. The number of anilines is 1. The van der Waals surface area contributed by atoms with Gasteiger partial charge in [-0.15, -0.1) is 0 Å². The molecule has 4 aromatic heterocycles. The van der Waals surface area contributed by atoms with E-state index < -0.39 is 5.82 Å². The van der Waals surface area contributed by atoms with Crippen molar-refractivity contribution in [3.05, 3.63) is 65.8 Å². The average Bonchev–Trinajstić information content (AvgIpc) is 3.70. The van der Waals surface area contributed by atoms with Crippen molar-refractivity contribution in [3.63, 3.8) is 0 Å². The third-order valence-electron chi connectivity index (χ3n) is 6.59. The van der Waals surface area contributed by atoms with Gasteiger partial charge < -0.3 is 15.2 Å². The molecule has 1 aliphatic heterocycles. The van der Waals surface area contributed by atoms with Crippen LogP contribution in [-0.4, -0.2) is 52.6 Å².